The Labute approximate surface area is 93.1 Å². The largest absolute Gasteiger partial charge is 0.381 e. The molecule has 0 aromatic carbocycles. The quantitative estimate of drug-likeness (QED) is 0.705. The summed E-state index contributed by atoms with van der Waals surface area (Å²) >= 11 is 0. The van der Waals surface area contributed by atoms with Crippen LogP contribution in [0.5, 0.6) is 0 Å². The lowest BCUT2D eigenvalue weighted by Gasteiger charge is -2.39. The molecule has 1 rings (SSSR count). The normalized spacial score (nSPS) is 36.8. The fourth-order valence-electron chi connectivity index (χ4n) is 2.63. The third kappa shape index (κ3) is 3.16. The fourth-order valence-corrected chi connectivity index (χ4v) is 2.63. The van der Waals surface area contributed by atoms with E-state index in [0.717, 1.165) is 12.8 Å². The molecular formula is C12H24O3. The van der Waals surface area contributed by atoms with E-state index < -0.39 is 0 Å². The lowest BCUT2D eigenvalue weighted by atomic mass is 9.80. The van der Waals surface area contributed by atoms with Crippen LogP contribution in [0, 0.1) is 5.92 Å². The van der Waals surface area contributed by atoms with Crippen molar-refractivity contribution in [1.29, 1.82) is 0 Å². The van der Waals surface area contributed by atoms with Crippen molar-refractivity contribution in [3.63, 3.8) is 0 Å². The topological polar surface area (TPSA) is 27.7 Å². The average Bonchev–Trinajstić information content (AvgIpc) is 2.28. The highest BCUT2D eigenvalue weighted by atomic mass is 16.5. The predicted molar refractivity (Wildman–Crippen MR) is 60.0 cm³/mol. The Morgan fingerprint density at radius 3 is 1.87 bits per heavy atom. The molecule has 1 saturated carbocycles. The van der Waals surface area contributed by atoms with Crippen LogP contribution >= 0.6 is 0 Å². The van der Waals surface area contributed by atoms with Crippen LogP contribution in [0.1, 0.15) is 32.6 Å². The van der Waals surface area contributed by atoms with Gasteiger partial charge in [0.05, 0.1) is 18.3 Å². The number of ether oxygens (including phenoxy) is 3. The van der Waals surface area contributed by atoms with E-state index >= 15 is 0 Å². The zero-order chi connectivity index (χ0) is 11.3. The summed E-state index contributed by atoms with van der Waals surface area (Å²) in [5.74, 6) is 0.622. The molecule has 1 aliphatic carbocycles. The fraction of sp³-hybridized carbons (Fsp3) is 1.00. The summed E-state index contributed by atoms with van der Waals surface area (Å²) in [6, 6.07) is 0. The summed E-state index contributed by atoms with van der Waals surface area (Å²) in [7, 11) is 5.32. The Morgan fingerprint density at radius 2 is 1.40 bits per heavy atom. The molecule has 0 aliphatic heterocycles. The minimum atomic E-state index is 0.188. The van der Waals surface area contributed by atoms with Gasteiger partial charge in [0.2, 0.25) is 0 Å². The first kappa shape index (κ1) is 12.9. The van der Waals surface area contributed by atoms with Crippen LogP contribution in [-0.2, 0) is 14.2 Å². The van der Waals surface area contributed by atoms with E-state index in [1.54, 1.807) is 21.3 Å². The molecule has 0 saturated heterocycles. The molecule has 15 heavy (non-hydrogen) atoms. The summed E-state index contributed by atoms with van der Waals surface area (Å²) < 4.78 is 16.5. The number of hydrogen-bond acceptors (Lipinski definition) is 3. The summed E-state index contributed by atoms with van der Waals surface area (Å²) in [6.45, 7) is 2.22. The molecule has 1 aliphatic rings. The van der Waals surface area contributed by atoms with Crippen LogP contribution in [-0.4, -0.2) is 39.6 Å². The first-order chi connectivity index (χ1) is 7.26. The second kappa shape index (κ2) is 6.46. The highest BCUT2D eigenvalue weighted by Crippen LogP contribution is 2.32. The molecule has 0 aromatic heterocycles. The van der Waals surface area contributed by atoms with Crippen LogP contribution in [0.3, 0.4) is 0 Å². The highest BCUT2D eigenvalue weighted by molar-refractivity contribution is 4.87. The van der Waals surface area contributed by atoms with Gasteiger partial charge in [0.15, 0.2) is 0 Å². The van der Waals surface area contributed by atoms with Gasteiger partial charge >= 0.3 is 0 Å². The van der Waals surface area contributed by atoms with Crippen molar-refractivity contribution < 1.29 is 14.2 Å². The van der Waals surface area contributed by atoms with Crippen molar-refractivity contribution in [2.75, 3.05) is 21.3 Å². The Balaban J connectivity index is 2.59. The van der Waals surface area contributed by atoms with E-state index in [4.69, 9.17) is 14.2 Å². The third-order valence-corrected chi connectivity index (χ3v) is 3.51. The molecule has 0 heterocycles. The predicted octanol–water partition coefficient (Wildman–Crippen LogP) is 2.24. The molecular weight excluding hydrogens is 192 g/mol. The molecule has 0 bridgehead atoms. The average molecular weight is 216 g/mol. The number of rotatable bonds is 5. The van der Waals surface area contributed by atoms with Gasteiger partial charge in [-0.25, -0.2) is 0 Å². The minimum absolute atomic E-state index is 0.188. The van der Waals surface area contributed by atoms with Crippen molar-refractivity contribution in [3.8, 4) is 0 Å². The lowest BCUT2D eigenvalue weighted by molar-refractivity contribution is -0.117. The maximum absolute atomic E-state index is 5.55. The summed E-state index contributed by atoms with van der Waals surface area (Å²) in [5.41, 5.74) is 0. The zero-order valence-electron chi connectivity index (χ0n) is 10.4. The molecule has 1 fully saturated rings. The second-order valence-electron chi connectivity index (χ2n) is 4.34. The van der Waals surface area contributed by atoms with Gasteiger partial charge in [-0.1, -0.05) is 13.3 Å². The van der Waals surface area contributed by atoms with Crippen molar-refractivity contribution in [2.45, 2.75) is 50.9 Å². The Morgan fingerprint density at radius 1 is 0.867 bits per heavy atom. The highest BCUT2D eigenvalue weighted by Gasteiger charge is 2.36. The summed E-state index contributed by atoms with van der Waals surface area (Å²) in [4.78, 5) is 0. The van der Waals surface area contributed by atoms with E-state index in [9.17, 15) is 0 Å². The van der Waals surface area contributed by atoms with Crippen LogP contribution in [0.4, 0.5) is 0 Å². The molecule has 3 nitrogen and oxygen atoms in total. The third-order valence-electron chi connectivity index (χ3n) is 3.51. The van der Waals surface area contributed by atoms with E-state index in [-0.39, 0.29) is 12.2 Å². The van der Waals surface area contributed by atoms with Gasteiger partial charge in [-0.2, -0.15) is 0 Å². The van der Waals surface area contributed by atoms with Crippen molar-refractivity contribution in [3.05, 3.63) is 0 Å². The van der Waals surface area contributed by atoms with Crippen LogP contribution in [0.15, 0.2) is 0 Å². The van der Waals surface area contributed by atoms with Gasteiger partial charge < -0.3 is 14.2 Å². The first-order valence-corrected chi connectivity index (χ1v) is 5.85. The monoisotopic (exact) mass is 216 g/mol. The maximum atomic E-state index is 5.55. The molecule has 0 radical (unpaired) electrons. The second-order valence-corrected chi connectivity index (χ2v) is 4.34. The van der Waals surface area contributed by atoms with E-state index in [2.05, 4.69) is 6.92 Å². The Bertz CT molecular complexity index is 172. The molecule has 0 aromatic rings. The molecule has 4 atom stereocenters. The van der Waals surface area contributed by atoms with Crippen LogP contribution in [0.25, 0.3) is 0 Å². The molecule has 3 heteroatoms. The molecule has 90 valence electrons. The van der Waals surface area contributed by atoms with E-state index in [1.807, 2.05) is 0 Å². The molecule has 0 amide bonds. The minimum Gasteiger partial charge on any atom is -0.381 e. The van der Waals surface area contributed by atoms with Gasteiger partial charge in [-0.05, 0) is 18.8 Å². The number of methoxy groups -OCH3 is 3. The smallest absolute Gasteiger partial charge is 0.0857 e. The van der Waals surface area contributed by atoms with Gasteiger partial charge in [0.25, 0.3) is 0 Å². The first-order valence-electron chi connectivity index (χ1n) is 5.85. The van der Waals surface area contributed by atoms with Crippen molar-refractivity contribution in [2.24, 2.45) is 5.92 Å². The van der Waals surface area contributed by atoms with Crippen LogP contribution in [0.2, 0.25) is 0 Å². The maximum Gasteiger partial charge on any atom is 0.0857 e. The SMILES string of the molecule is CCCC1CC(OC)C(OC)CC1OC. The van der Waals surface area contributed by atoms with E-state index in [0.29, 0.717) is 12.0 Å². The summed E-state index contributed by atoms with van der Waals surface area (Å²) in [5, 5.41) is 0. The summed E-state index contributed by atoms with van der Waals surface area (Å²) in [6.07, 6.45) is 5.19. The van der Waals surface area contributed by atoms with E-state index in [1.165, 1.54) is 12.8 Å². The molecule has 0 spiro atoms. The van der Waals surface area contributed by atoms with Crippen molar-refractivity contribution in [1.82, 2.24) is 0 Å². The van der Waals surface area contributed by atoms with Crippen LogP contribution < -0.4 is 0 Å². The van der Waals surface area contributed by atoms with Gasteiger partial charge in [0.1, 0.15) is 0 Å². The van der Waals surface area contributed by atoms with Gasteiger partial charge in [0, 0.05) is 27.8 Å². The standard InChI is InChI=1S/C12H24O3/c1-5-6-9-7-11(14-3)12(15-4)8-10(9)13-2/h9-12H,5-8H2,1-4H3. The Kier molecular flexibility index (Phi) is 5.58. The lowest BCUT2D eigenvalue weighted by Crippen LogP contribution is -2.44. The van der Waals surface area contributed by atoms with Crippen molar-refractivity contribution >= 4 is 0 Å². The zero-order valence-corrected chi connectivity index (χ0v) is 10.4. The van der Waals surface area contributed by atoms with Gasteiger partial charge in [-0.3, -0.25) is 0 Å². The Hall–Kier alpha value is -0.120. The number of hydrogen-bond donors (Lipinski definition) is 0. The molecule has 4 unspecified atom stereocenters. The van der Waals surface area contributed by atoms with Gasteiger partial charge in [-0.15, -0.1) is 0 Å². The molecule has 0 N–H and O–H groups in total.